The van der Waals surface area contributed by atoms with Crippen LogP contribution in [0.25, 0.3) is 0 Å². The second-order valence-corrected chi connectivity index (χ2v) is 4.02. The third-order valence-electron chi connectivity index (χ3n) is 3.02. The summed E-state index contributed by atoms with van der Waals surface area (Å²) >= 11 is 0. The fourth-order valence-electron chi connectivity index (χ4n) is 1.85. The Labute approximate surface area is 89.3 Å². The van der Waals surface area contributed by atoms with E-state index in [1.54, 1.807) is 17.0 Å². The van der Waals surface area contributed by atoms with Crippen LogP contribution in [0.2, 0.25) is 0 Å². The average molecular weight is 207 g/mol. The Morgan fingerprint density at radius 2 is 2.40 bits per heavy atom. The molecule has 1 aromatic heterocycles. The number of anilines is 1. The van der Waals surface area contributed by atoms with Crippen molar-refractivity contribution < 1.29 is 0 Å². The molecule has 1 aliphatic rings. The van der Waals surface area contributed by atoms with E-state index in [1.165, 1.54) is 12.8 Å². The van der Waals surface area contributed by atoms with E-state index in [1.807, 2.05) is 6.92 Å². The van der Waals surface area contributed by atoms with Gasteiger partial charge in [0.15, 0.2) is 5.82 Å². The van der Waals surface area contributed by atoms with Crippen molar-refractivity contribution in [2.75, 3.05) is 5.32 Å². The molecule has 15 heavy (non-hydrogen) atoms. The number of nitrogens with one attached hydrogen (secondary N) is 1. The van der Waals surface area contributed by atoms with Gasteiger partial charge in [-0.2, -0.15) is 0 Å². The van der Waals surface area contributed by atoms with Crippen molar-refractivity contribution in [3.05, 3.63) is 22.7 Å². The Bertz CT molecular complexity index is 399. The van der Waals surface area contributed by atoms with Gasteiger partial charge in [0, 0.05) is 25.0 Å². The van der Waals surface area contributed by atoms with E-state index in [-0.39, 0.29) is 5.56 Å². The third kappa shape index (κ3) is 2.03. The Balaban J connectivity index is 2.12. The molecule has 0 spiro atoms. The average Bonchev–Trinajstić information content (AvgIpc) is 3.00. The van der Waals surface area contributed by atoms with Crippen LogP contribution in [0.1, 0.15) is 26.7 Å². The van der Waals surface area contributed by atoms with Crippen molar-refractivity contribution >= 4 is 5.82 Å². The normalized spacial score (nSPS) is 23.9. The number of hydrogen-bond donors (Lipinski definition) is 1. The van der Waals surface area contributed by atoms with Crippen LogP contribution in [-0.2, 0) is 6.54 Å². The molecule has 1 aliphatic carbocycles. The lowest BCUT2D eigenvalue weighted by Gasteiger charge is -2.06. The molecule has 2 unspecified atom stereocenters. The molecule has 0 saturated heterocycles. The van der Waals surface area contributed by atoms with Gasteiger partial charge in [-0.3, -0.25) is 4.79 Å². The zero-order chi connectivity index (χ0) is 10.8. The van der Waals surface area contributed by atoms with Gasteiger partial charge in [0.1, 0.15) is 0 Å². The lowest BCUT2D eigenvalue weighted by Crippen LogP contribution is -2.24. The highest BCUT2D eigenvalue weighted by Gasteiger charge is 2.35. The van der Waals surface area contributed by atoms with E-state index in [4.69, 9.17) is 0 Å². The van der Waals surface area contributed by atoms with Crippen molar-refractivity contribution in [1.82, 2.24) is 9.55 Å². The molecule has 0 radical (unpaired) electrons. The Morgan fingerprint density at radius 3 is 3.00 bits per heavy atom. The Kier molecular flexibility index (Phi) is 2.75. The molecule has 0 amide bonds. The predicted molar refractivity (Wildman–Crippen MR) is 60.0 cm³/mol. The summed E-state index contributed by atoms with van der Waals surface area (Å²) in [6.07, 6.45) is 5.74. The first-order valence-corrected chi connectivity index (χ1v) is 5.58. The monoisotopic (exact) mass is 207 g/mol. The van der Waals surface area contributed by atoms with Crippen LogP contribution < -0.4 is 10.9 Å². The van der Waals surface area contributed by atoms with E-state index in [0.717, 1.165) is 5.92 Å². The van der Waals surface area contributed by atoms with Gasteiger partial charge in [-0.1, -0.05) is 13.3 Å². The highest BCUT2D eigenvalue weighted by atomic mass is 16.1. The van der Waals surface area contributed by atoms with Crippen molar-refractivity contribution in [3.8, 4) is 0 Å². The molecule has 1 saturated carbocycles. The van der Waals surface area contributed by atoms with Gasteiger partial charge in [-0.25, -0.2) is 4.98 Å². The van der Waals surface area contributed by atoms with Crippen LogP contribution in [0.4, 0.5) is 5.82 Å². The maximum Gasteiger partial charge on any atom is 0.293 e. The van der Waals surface area contributed by atoms with E-state index in [0.29, 0.717) is 18.4 Å². The molecule has 1 heterocycles. The lowest BCUT2D eigenvalue weighted by molar-refractivity contribution is 0.715. The lowest BCUT2D eigenvalue weighted by atomic mass is 10.3. The minimum atomic E-state index is -0.0123. The molecular formula is C11H17N3O. The fraction of sp³-hybridized carbons (Fsp3) is 0.636. The molecule has 2 atom stereocenters. The summed E-state index contributed by atoms with van der Waals surface area (Å²) < 4.78 is 1.67. The molecule has 1 aromatic rings. The van der Waals surface area contributed by atoms with Gasteiger partial charge >= 0.3 is 0 Å². The summed E-state index contributed by atoms with van der Waals surface area (Å²) in [7, 11) is 0. The molecule has 0 aliphatic heterocycles. The van der Waals surface area contributed by atoms with Gasteiger partial charge in [0.05, 0.1) is 0 Å². The quantitative estimate of drug-likeness (QED) is 0.813. The van der Waals surface area contributed by atoms with Crippen molar-refractivity contribution in [2.45, 2.75) is 39.3 Å². The van der Waals surface area contributed by atoms with Gasteiger partial charge in [0.25, 0.3) is 5.56 Å². The van der Waals surface area contributed by atoms with Crippen LogP contribution in [0.5, 0.6) is 0 Å². The fourth-order valence-corrected chi connectivity index (χ4v) is 1.85. The third-order valence-corrected chi connectivity index (χ3v) is 3.02. The standard InChI is InChI=1S/C11H17N3O/c1-3-8-7-9(8)13-10-11(15)14(4-2)6-5-12-10/h5-6,8-9H,3-4,7H2,1-2H3,(H,12,13). The molecule has 4 nitrogen and oxygen atoms in total. The van der Waals surface area contributed by atoms with E-state index in [9.17, 15) is 4.79 Å². The van der Waals surface area contributed by atoms with E-state index in [2.05, 4.69) is 17.2 Å². The SMILES string of the molecule is CCC1CC1Nc1nccn(CC)c1=O. The maximum absolute atomic E-state index is 11.8. The summed E-state index contributed by atoms with van der Waals surface area (Å²) in [6.45, 7) is 4.82. The van der Waals surface area contributed by atoms with Crippen LogP contribution in [-0.4, -0.2) is 15.6 Å². The van der Waals surface area contributed by atoms with Crippen molar-refractivity contribution in [3.63, 3.8) is 0 Å². The van der Waals surface area contributed by atoms with Crippen LogP contribution in [0.15, 0.2) is 17.2 Å². The first kappa shape index (κ1) is 10.2. The zero-order valence-electron chi connectivity index (χ0n) is 9.23. The summed E-state index contributed by atoms with van der Waals surface area (Å²) in [5, 5.41) is 3.22. The molecular weight excluding hydrogens is 190 g/mol. The zero-order valence-corrected chi connectivity index (χ0v) is 9.23. The van der Waals surface area contributed by atoms with Crippen molar-refractivity contribution in [1.29, 1.82) is 0 Å². The second kappa shape index (κ2) is 4.04. The van der Waals surface area contributed by atoms with Gasteiger partial charge in [-0.15, -0.1) is 0 Å². The molecule has 0 bridgehead atoms. The van der Waals surface area contributed by atoms with Crippen molar-refractivity contribution in [2.24, 2.45) is 5.92 Å². The predicted octanol–water partition coefficient (Wildman–Crippen LogP) is 1.47. The number of aromatic nitrogens is 2. The molecule has 0 aromatic carbocycles. The number of aryl methyl sites for hydroxylation is 1. The largest absolute Gasteiger partial charge is 0.362 e. The number of nitrogens with zero attached hydrogens (tertiary/aromatic N) is 2. The first-order valence-electron chi connectivity index (χ1n) is 5.58. The summed E-state index contributed by atoms with van der Waals surface area (Å²) in [5.41, 5.74) is -0.0123. The highest BCUT2D eigenvalue weighted by Crippen LogP contribution is 2.34. The van der Waals surface area contributed by atoms with Crippen LogP contribution in [0, 0.1) is 5.92 Å². The summed E-state index contributed by atoms with van der Waals surface area (Å²) in [6, 6.07) is 0.461. The molecule has 2 rings (SSSR count). The van der Waals surface area contributed by atoms with Crippen LogP contribution in [0.3, 0.4) is 0 Å². The van der Waals surface area contributed by atoms with E-state index < -0.39 is 0 Å². The van der Waals surface area contributed by atoms with Gasteiger partial charge in [-0.05, 0) is 19.3 Å². The van der Waals surface area contributed by atoms with Gasteiger partial charge in [0.2, 0.25) is 0 Å². The highest BCUT2D eigenvalue weighted by molar-refractivity contribution is 5.34. The van der Waals surface area contributed by atoms with Gasteiger partial charge < -0.3 is 9.88 Å². The minimum Gasteiger partial charge on any atom is -0.362 e. The molecule has 1 fully saturated rings. The smallest absolute Gasteiger partial charge is 0.293 e. The Morgan fingerprint density at radius 1 is 1.60 bits per heavy atom. The number of hydrogen-bond acceptors (Lipinski definition) is 3. The summed E-state index contributed by atoms with van der Waals surface area (Å²) in [5.74, 6) is 1.22. The molecule has 1 N–H and O–H groups in total. The topological polar surface area (TPSA) is 46.9 Å². The maximum atomic E-state index is 11.8. The van der Waals surface area contributed by atoms with E-state index >= 15 is 0 Å². The first-order chi connectivity index (χ1) is 7.26. The minimum absolute atomic E-state index is 0.0123. The summed E-state index contributed by atoms with van der Waals surface area (Å²) in [4.78, 5) is 15.9. The molecule has 4 heteroatoms. The second-order valence-electron chi connectivity index (χ2n) is 4.02. The Hall–Kier alpha value is -1.32. The molecule has 82 valence electrons. The van der Waals surface area contributed by atoms with Crippen LogP contribution >= 0.6 is 0 Å². The number of rotatable bonds is 4.